The van der Waals surface area contributed by atoms with Crippen LogP contribution in [0.15, 0.2) is 60.7 Å². The highest BCUT2D eigenvalue weighted by atomic mass is 16.5. The molecule has 0 bridgehead atoms. The summed E-state index contributed by atoms with van der Waals surface area (Å²) in [5.41, 5.74) is 2.76. The number of hydrogen-bond acceptors (Lipinski definition) is 3. The molecule has 1 heterocycles. The number of piperidine rings is 1. The van der Waals surface area contributed by atoms with Crippen LogP contribution in [0.2, 0.25) is 0 Å². The monoisotopic (exact) mass is 416 g/mol. The van der Waals surface area contributed by atoms with Crippen LogP contribution < -0.4 is 10.1 Å². The molecule has 0 spiro atoms. The molecule has 1 aliphatic rings. The fourth-order valence-corrected chi connectivity index (χ4v) is 4.27. The molecule has 5 nitrogen and oxygen atoms in total. The average Bonchev–Trinajstić information content (AvgIpc) is 2.82. The van der Waals surface area contributed by atoms with E-state index in [0.717, 1.165) is 40.5 Å². The van der Waals surface area contributed by atoms with Crippen LogP contribution in [-0.4, -0.2) is 36.9 Å². The number of fused-ring (bicyclic) bond motifs is 1. The fourth-order valence-electron chi connectivity index (χ4n) is 4.27. The van der Waals surface area contributed by atoms with Gasteiger partial charge >= 0.3 is 0 Å². The predicted molar refractivity (Wildman–Crippen MR) is 122 cm³/mol. The second-order valence-corrected chi connectivity index (χ2v) is 8.14. The molecule has 2 amide bonds. The quantitative estimate of drug-likeness (QED) is 0.674. The molecule has 1 saturated heterocycles. The largest absolute Gasteiger partial charge is 0.496 e. The van der Waals surface area contributed by atoms with Crippen molar-refractivity contribution in [3.8, 4) is 5.75 Å². The molecule has 5 heteroatoms. The van der Waals surface area contributed by atoms with E-state index in [2.05, 4.69) is 5.32 Å². The Bertz CT molecular complexity index is 1100. The lowest BCUT2D eigenvalue weighted by molar-refractivity contribution is -0.126. The number of aryl methyl sites for hydroxylation is 1. The van der Waals surface area contributed by atoms with Crippen molar-refractivity contribution >= 4 is 22.6 Å². The Morgan fingerprint density at radius 3 is 2.74 bits per heavy atom. The highest BCUT2D eigenvalue weighted by molar-refractivity contribution is 6.07. The van der Waals surface area contributed by atoms with Gasteiger partial charge in [-0.1, -0.05) is 48.5 Å². The van der Waals surface area contributed by atoms with E-state index in [9.17, 15) is 9.59 Å². The minimum Gasteiger partial charge on any atom is -0.496 e. The first-order chi connectivity index (χ1) is 15.1. The van der Waals surface area contributed by atoms with Gasteiger partial charge in [-0.2, -0.15) is 0 Å². The first kappa shape index (κ1) is 20.9. The molecule has 160 valence electrons. The van der Waals surface area contributed by atoms with Crippen molar-refractivity contribution in [1.29, 1.82) is 0 Å². The van der Waals surface area contributed by atoms with Crippen molar-refractivity contribution in [3.05, 3.63) is 77.4 Å². The summed E-state index contributed by atoms with van der Waals surface area (Å²) >= 11 is 0. The van der Waals surface area contributed by atoms with E-state index in [-0.39, 0.29) is 17.7 Å². The zero-order valence-electron chi connectivity index (χ0n) is 18.1. The van der Waals surface area contributed by atoms with Gasteiger partial charge in [-0.3, -0.25) is 9.59 Å². The summed E-state index contributed by atoms with van der Waals surface area (Å²) in [6.07, 6.45) is 1.62. The van der Waals surface area contributed by atoms with Gasteiger partial charge in [0, 0.05) is 25.2 Å². The molecular weight excluding hydrogens is 388 g/mol. The smallest absolute Gasteiger partial charge is 0.254 e. The maximum Gasteiger partial charge on any atom is 0.254 e. The van der Waals surface area contributed by atoms with E-state index < -0.39 is 0 Å². The summed E-state index contributed by atoms with van der Waals surface area (Å²) in [6, 6.07) is 19.7. The van der Waals surface area contributed by atoms with E-state index in [1.807, 2.05) is 72.5 Å². The summed E-state index contributed by atoms with van der Waals surface area (Å²) in [6.45, 7) is 3.57. The van der Waals surface area contributed by atoms with Gasteiger partial charge < -0.3 is 15.0 Å². The number of hydrogen-bond donors (Lipinski definition) is 1. The van der Waals surface area contributed by atoms with Crippen molar-refractivity contribution < 1.29 is 14.3 Å². The third-order valence-corrected chi connectivity index (χ3v) is 6.04. The van der Waals surface area contributed by atoms with E-state index in [4.69, 9.17) is 4.74 Å². The molecule has 31 heavy (non-hydrogen) atoms. The molecule has 1 N–H and O–H groups in total. The number of benzene rings is 3. The second kappa shape index (κ2) is 9.21. The van der Waals surface area contributed by atoms with Crippen LogP contribution >= 0.6 is 0 Å². The van der Waals surface area contributed by atoms with Crippen LogP contribution in [-0.2, 0) is 11.3 Å². The molecule has 0 aliphatic carbocycles. The summed E-state index contributed by atoms with van der Waals surface area (Å²) < 4.78 is 5.36. The van der Waals surface area contributed by atoms with Gasteiger partial charge in [-0.05, 0) is 53.8 Å². The standard InChI is InChI=1S/C26H28N2O3/c1-18-12-13-19(15-24(18)31-2)16-27-25(29)21-9-6-14-28(17-21)26(30)23-11-5-8-20-7-3-4-10-22(20)23/h3-5,7-8,10-13,15,21H,6,9,14,16-17H2,1-2H3,(H,27,29). The maximum atomic E-state index is 13.2. The Hall–Kier alpha value is -3.34. The number of carbonyl (C=O) groups excluding carboxylic acids is 2. The predicted octanol–water partition coefficient (Wildman–Crippen LogP) is 4.33. The zero-order valence-corrected chi connectivity index (χ0v) is 18.1. The van der Waals surface area contributed by atoms with Gasteiger partial charge in [-0.25, -0.2) is 0 Å². The van der Waals surface area contributed by atoms with E-state index >= 15 is 0 Å². The normalized spacial score (nSPS) is 16.2. The van der Waals surface area contributed by atoms with Crippen LogP contribution in [0.5, 0.6) is 5.75 Å². The SMILES string of the molecule is COc1cc(CNC(=O)C2CCCN(C(=O)c3cccc4ccccc34)C2)ccc1C. The Morgan fingerprint density at radius 2 is 1.90 bits per heavy atom. The molecule has 4 rings (SSSR count). The number of likely N-dealkylation sites (tertiary alicyclic amines) is 1. The lowest BCUT2D eigenvalue weighted by Gasteiger charge is -2.32. The van der Waals surface area contributed by atoms with Gasteiger partial charge in [-0.15, -0.1) is 0 Å². The molecule has 0 saturated carbocycles. The number of methoxy groups -OCH3 is 1. The number of rotatable bonds is 5. The number of ether oxygens (including phenoxy) is 1. The molecule has 1 aliphatic heterocycles. The fraction of sp³-hybridized carbons (Fsp3) is 0.308. The molecule has 3 aromatic carbocycles. The first-order valence-electron chi connectivity index (χ1n) is 10.7. The van der Waals surface area contributed by atoms with Crippen LogP contribution in [0.25, 0.3) is 10.8 Å². The highest BCUT2D eigenvalue weighted by Gasteiger charge is 2.29. The Morgan fingerprint density at radius 1 is 1.10 bits per heavy atom. The third-order valence-electron chi connectivity index (χ3n) is 6.04. The topological polar surface area (TPSA) is 58.6 Å². The minimum atomic E-state index is -0.194. The number of carbonyl (C=O) groups is 2. The molecular formula is C26H28N2O3. The molecule has 3 aromatic rings. The molecule has 0 radical (unpaired) electrons. The van der Waals surface area contributed by atoms with Crippen molar-refractivity contribution in [2.75, 3.05) is 20.2 Å². The van der Waals surface area contributed by atoms with Crippen molar-refractivity contribution in [1.82, 2.24) is 10.2 Å². The summed E-state index contributed by atoms with van der Waals surface area (Å²) in [5, 5.41) is 5.04. The minimum absolute atomic E-state index is 0.00225. The number of nitrogens with zero attached hydrogens (tertiary/aromatic N) is 1. The molecule has 1 fully saturated rings. The van der Waals surface area contributed by atoms with E-state index in [1.165, 1.54) is 0 Å². The maximum absolute atomic E-state index is 13.2. The van der Waals surface area contributed by atoms with Crippen LogP contribution in [0.3, 0.4) is 0 Å². The Labute approximate surface area is 183 Å². The second-order valence-electron chi connectivity index (χ2n) is 8.14. The van der Waals surface area contributed by atoms with Crippen molar-refractivity contribution in [2.24, 2.45) is 5.92 Å². The van der Waals surface area contributed by atoms with Crippen LogP contribution in [0.4, 0.5) is 0 Å². The summed E-state index contributed by atoms with van der Waals surface area (Å²) in [4.78, 5) is 27.9. The lowest BCUT2D eigenvalue weighted by atomic mass is 9.95. The third kappa shape index (κ3) is 4.55. The summed E-state index contributed by atoms with van der Waals surface area (Å²) in [7, 11) is 1.65. The first-order valence-corrected chi connectivity index (χ1v) is 10.7. The van der Waals surface area contributed by atoms with Gasteiger partial charge in [0.1, 0.15) is 5.75 Å². The van der Waals surface area contributed by atoms with Gasteiger partial charge in [0.2, 0.25) is 5.91 Å². The van der Waals surface area contributed by atoms with Crippen LogP contribution in [0, 0.1) is 12.8 Å². The molecule has 1 unspecified atom stereocenters. The average molecular weight is 417 g/mol. The number of amides is 2. The van der Waals surface area contributed by atoms with E-state index in [0.29, 0.717) is 25.2 Å². The summed E-state index contributed by atoms with van der Waals surface area (Å²) in [5.74, 6) is 0.615. The van der Waals surface area contributed by atoms with Crippen molar-refractivity contribution in [3.63, 3.8) is 0 Å². The van der Waals surface area contributed by atoms with Crippen molar-refractivity contribution in [2.45, 2.75) is 26.3 Å². The lowest BCUT2D eigenvalue weighted by Crippen LogP contribution is -2.45. The molecule has 0 aromatic heterocycles. The number of nitrogens with one attached hydrogen (secondary N) is 1. The van der Waals surface area contributed by atoms with Crippen LogP contribution in [0.1, 0.15) is 34.3 Å². The Kier molecular flexibility index (Phi) is 6.21. The van der Waals surface area contributed by atoms with Gasteiger partial charge in [0.05, 0.1) is 13.0 Å². The highest BCUT2D eigenvalue weighted by Crippen LogP contribution is 2.24. The van der Waals surface area contributed by atoms with Gasteiger partial charge in [0.15, 0.2) is 0 Å². The Balaban J connectivity index is 1.42. The zero-order chi connectivity index (χ0) is 21.8. The van der Waals surface area contributed by atoms with E-state index in [1.54, 1.807) is 7.11 Å². The molecule has 1 atom stereocenters. The van der Waals surface area contributed by atoms with Gasteiger partial charge in [0.25, 0.3) is 5.91 Å².